The van der Waals surface area contributed by atoms with E-state index in [0.717, 1.165) is 51.6 Å². The minimum atomic E-state index is -0.0736. The Hall–Kier alpha value is -3.84. The number of hydrogen-bond donors (Lipinski definition) is 0. The normalized spacial score (nSPS) is 13.2. The number of benzene rings is 4. The smallest absolute Gasteiger partial charge is 0.231 e. The first-order chi connectivity index (χ1) is 17.6. The van der Waals surface area contributed by atoms with E-state index >= 15 is 0 Å². The van der Waals surface area contributed by atoms with Crippen LogP contribution < -0.4 is 40.5 Å². The molecule has 0 atom stereocenters. The molecule has 0 fully saturated rings. The molecular formula is C30H24BrNO5. The highest BCUT2D eigenvalue weighted by Gasteiger charge is 2.30. The van der Waals surface area contributed by atoms with Gasteiger partial charge in [-0.1, -0.05) is 29.8 Å². The summed E-state index contributed by atoms with van der Waals surface area (Å²) in [6.45, 7) is 3.02. The third-order valence-electron chi connectivity index (χ3n) is 7.28. The van der Waals surface area contributed by atoms with Gasteiger partial charge in [0.15, 0.2) is 48.1 Å². The highest BCUT2D eigenvalue weighted by Crippen LogP contribution is 2.46. The maximum Gasteiger partial charge on any atom is 0.231 e. The van der Waals surface area contributed by atoms with Gasteiger partial charge in [-0.3, -0.25) is 4.79 Å². The van der Waals surface area contributed by atoms with Crippen molar-refractivity contribution in [1.29, 1.82) is 0 Å². The lowest BCUT2D eigenvalue weighted by atomic mass is 9.93. The summed E-state index contributed by atoms with van der Waals surface area (Å²) in [5, 5.41) is 5.37. The van der Waals surface area contributed by atoms with Crippen LogP contribution in [0.4, 0.5) is 0 Å². The largest absolute Gasteiger partial charge is 1.00 e. The van der Waals surface area contributed by atoms with Crippen molar-refractivity contribution >= 4 is 38.2 Å². The molecule has 0 amide bonds. The Morgan fingerprint density at radius 2 is 1.76 bits per heavy atom. The number of hydrogen-bond acceptors (Lipinski definition) is 5. The maximum atomic E-state index is 12.9. The van der Waals surface area contributed by atoms with E-state index in [2.05, 4.69) is 35.0 Å². The minimum Gasteiger partial charge on any atom is -1.00 e. The first-order valence-electron chi connectivity index (χ1n) is 12.1. The maximum absolute atomic E-state index is 12.9. The van der Waals surface area contributed by atoms with Crippen molar-refractivity contribution in [2.75, 3.05) is 20.5 Å². The van der Waals surface area contributed by atoms with Crippen LogP contribution in [0, 0.1) is 6.92 Å². The van der Waals surface area contributed by atoms with Gasteiger partial charge in [0.05, 0.1) is 23.3 Å². The van der Waals surface area contributed by atoms with Gasteiger partial charge < -0.3 is 35.9 Å². The lowest BCUT2D eigenvalue weighted by Gasteiger charge is -2.18. The molecule has 2 aliphatic rings. The number of pyridine rings is 1. The molecule has 0 radical (unpaired) electrons. The monoisotopic (exact) mass is 557 g/mol. The van der Waals surface area contributed by atoms with E-state index < -0.39 is 0 Å². The molecule has 0 bridgehead atoms. The molecule has 186 valence electrons. The molecule has 1 aromatic heterocycles. The SMILES string of the molecule is COc1ccc2c(c[n+]3c4c2ccc2c5c(cc(c24)CC3)OCO5)c1OCC(=O)c1ccc(C)cc1.[Br-]. The molecule has 0 saturated heterocycles. The van der Waals surface area contributed by atoms with E-state index in [1.807, 2.05) is 37.3 Å². The van der Waals surface area contributed by atoms with E-state index in [9.17, 15) is 4.79 Å². The number of methoxy groups -OCH3 is 1. The molecule has 37 heavy (non-hydrogen) atoms. The van der Waals surface area contributed by atoms with Crippen LogP contribution in [0.15, 0.2) is 60.8 Å². The zero-order valence-electron chi connectivity index (χ0n) is 20.5. The number of carbonyl (C=O) groups excluding carboxylic acids is 1. The summed E-state index contributed by atoms with van der Waals surface area (Å²) in [5.74, 6) is 2.75. The molecule has 7 heteroatoms. The average Bonchev–Trinajstić information content (AvgIpc) is 3.38. The Morgan fingerprint density at radius 1 is 0.973 bits per heavy atom. The summed E-state index contributed by atoms with van der Waals surface area (Å²) in [6, 6.07) is 17.9. The van der Waals surface area contributed by atoms with E-state index in [1.54, 1.807) is 7.11 Å². The number of ether oxygens (including phenoxy) is 4. The lowest BCUT2D eigenvalue weighted by Crippen LogP contribution is -3.00. The van der Waals surface area contributed by atoms with Crippen molar-refractivity contribution in [3.63, 3.8) is 0 Å². The van der Waals surface area contributed by atoms with Crippen LogP contribution >= 0.6 is 0 Å². The Morgan fingerprint density at radius 3 is 2.57 bits per heavy atom. The van der Waals surface area contributed by atoms with Gasteiger partial charge in [0, 0.05) is 22.8 Å². The summed E-state index contributed by atoms with van der Waals surface area (Å²) in [7, 11) is 1.62. The molecule has 0 spiro atoms. The van der Waals surface area contributed by atoms with E-state index in [0.29, 0.717) is 17.1 Å². The summed E-state index contributed by atoms with van der Waals surface area (Å²) in [6.07, 6.45) is 3.01. The van der Waals surface area contributed by atoms with Gasteiger partial charge in [0.2, 0.25) is 12.3 Å². The van der Waals surface area contributed by atoms with Crippen LogP contribution in [0.1, 0.15) is 21.5 Å². The van der Waals surface area contributed by atoms with Gasteiger partial charge in [0.25, 0.3) is 0 Å². The van der Waals surface area contributed by atoms with Gasteiger partial charge in [-0.2, -0.15) is 4.57 Å². The molecule has 7 rings (SSSR count). The van der Waals surface area contributed by atoms with Gasteiger partial charge >= 0.3 is 0 Å². The zero-order chi connectivity index (χ0) is 24.4. The zero-order valence-corrected chi connectivity index (χ0v) is 22.1. The summed E-state index contributed by atoms with van der Waals surface area (Å²) < 4.78 is 25.6. The van der Waals surface area contributed by atoms with Crippen LogP contribution in [0.2, 0.25) is 0 Å². The lowest BCUT2D eigenvalue weighted by molar-refractivity contribution is -0.670. The fourth-order valence-electron chi connectivity index (χ4n) is 5.51. The molecule has 0 saturated carbocycles. The average molecular weight is 558 g/mol. The van der Waals surface area contributed by atoms with Gasteiger partial charge in [-0.25, -0.2) is 0 Å². The third kappa shape index (κ3) is 3.60. The van der Waals surface area contributed by atoms with E-state index in [-0.39, 0.29) is 36.2 Å². The van der Waals surface area contributed by atoms with Gasteiger partial charge in [0.1, 0.15) is 0 Å². The number of halogens is 1. The van der Waals surface area contributed by atoms with E-state index in [4.69, 9.17) is 18.9 Å². The predicted octanol–water partition coefficient (Wildman–Crippen LogP) is 2.30. The van der Waals surface area contributed by atoms with Crippen molar-refractivity contribution in [3.05, 3.63) is 77.5 Å². The molecule has 6 nitrogen and oxygen atoms in total. The van der Waals surface area contributed by atoms with Crippen molar-refractivity contribution < 1.29 is 45.3 Å². The number of nitrogens with zero attached hydrogens (tertiary/aromatic N) is 1. The third-order valence-corrected chi connectivity index (χ3v) is 7.28. The molecule has 0 N–H and O–H groups in total. The number of aryl methyl sites for hydroxylation is 3. The Kier molecular flexibility index (Phi) is 5.68. The van der Waals surface area contributed by atoms with Gasteiger partial charge in [-0.15, -0.1) is 0 Å². The van der Waals surface area contributed by atoms with Crippen molar-refractivity contribution in [3.8, 4) is 23.0 Å². The Balaban J connectivity index is 0.00000252. The number of fused-ring (bicyclic) bond motifs is 4. The molecule has 3 heterocycles. The molecule has 0 aliphatic carbocycles. The highest BCUT2D eigenvalue weighted by atomic mass is 79.9. The number of rotatable bonds is 5. The van der Waals surface area contributed by atoms with Crippen LogP contribution in [-0.4, -0.2) is 26.3 Å². The molecular weight excluding hydrogens is 534 g/mol. The van der Waals surface area contributed by atoms with Crippen molar-refractivity contribution in [2.24, 2.45) is 0 Å². The van der Waals surface area contributed by atoms with Crippen LogP contribution in [0.5, 0.6) is 23.0 Å². The molecule has 0 unspecified atom stereocenters. The fraction of sp³-hybridized carbons (Fsp3) is 0.200. The first-order valence-corrected chi connectivity index (χ1v) is 12.1. The quantitative estimate of drug-likeness (QED) is 0.188. The summed E-state index contributed by atoms with van der Waals surface area (Å²) in [5.41, 5.74) is 4.19. The Labute approximate surface area is 224 Å². The van der Waals surface area contributed by atoms with Crippen LogP contribution in [-0.2, 0) is 13.0 Å². The summed E-state index contributed by atoms with van der Waals surface area (Å²) >= 11 is 0. The minimum absolute atomic E-state index is 0. The van der Waals surface area contributed by atoms with Gasteiger partial charge in [-0.05, 0) is 42.8 Å². The second-order valence-electron chi connectivity index (χ2n) is 9.36. The number of carbonyl (C=O) groups is 1. The number of Topliss-reactive ketones (excluding diaryl/α,β-unsaturated/α-hetero) is 1. The highest BCUT2D eigenvalue weighted by molar-refractivity contribution is 6.17. The second kappa shape index (κ2) is 8.92. The van der Waals surface area contributed by atoms with Crippen LogP contribution in [0.3, 0.4) is 0 Å². The Bertz CT molecular complexity index is 1730. The first kappa shape index (κ1) is 23.6. The van der Waals surface area contributed by atoms with Crippen LogP contribution in [0.25, 0.3) is 32.4 Å². The van der Waals surface area contributed by atoms with Crippen molar-refractivity contribution in [2.45, 2.75) is 19.9 Å². The van der Waals surface area contributed by atoms with Crippen molar-refractivity contribution in [1.82, 2.24) is 0 Å². The standard InChI is InChI=1S/C30H24NO5.BrH/c1-17-3-5-18(6-4-17)24(32)15-34-30-23-14-31-12-11-19-13-26-29(36-16-35-26)22-8-7-21(28(31)27(19)22)20(23)9-10-25(30)33-2;/h3-10,13-14H,11-12,15-16H2,1-2H3;1H/q+1;/p-1. The second-order valence-corrected chi connectivity index (χ2v) is 9.36. The molecule has 4 aromatic carbocycles. The number of aromatic nitrogens is 1. The predicted molar refractivity (Wildman–Crippen MR) is 137 cm³/mol. The fourth-order valence-corrected chi connectivity index (χ4v) is 5.51. The van der Waals surface area contributed by atoms with E-state index in [1.165, 1.54) is 16.5 Å². The molecule has 2 aliphatic heterocycles. The molecule has 5 aromatic rings. The number of ketones is 1. The summed E-state index contributed by atoms with van der Waals surface area (Å²) in [4.78, 5) is 12.9. The topological polar surface area (TPSA) is 57.9 Å².